The molecule has 0 radical (unpaired) electrons. The van der Waals surface area contributed by atoms with E-state index in [1.54, 1.807) is 12.1 Å². The molecule has 2 N–H and O–H groups in total. The summed E-state index contributed by atoms with van der Waals surface area (Å²) in [7, 11) is 0. The average Bonchev–Trinajstić information content (AvgIpc) is 3.27. The van der Waals surface area contributed by atoms with Crippen molar-refractivity contribution in [2.45, 2.75) is 38.3 Å². The van der Waals surface area contributed by atoms with E-state index in [0.29, 0.717) is 24.2 Å². The van der Waals surface area contributed by atoms with Crippen LogP contribution in [0.2, 0.25) is 0 Å². The van der Waals surface area contributed by atoms with Crippen LogP contribution in [0, 0.1) is 0 Å². The number of hydrogen-bond acceptors (Lipinski definition) is 5. The summed E-state index contributed by atoms with van der Waals surface area (Å²) in [4.78, 5) is 12.4. The van der Waals surface area contributed by atoms with Gasteiger partial charge in [0.05, 0.1) is 0 Å². The van der Waals surface area contributed by atoms with Crippen molar-refractivity contribution in [1.29, 1.82) is 0 Å². The van der Waals surface area contributed by atoms with Crippen LogP contribution in [0.25, 0.3) is 0 Å². The molecule has 0 unspecified atom stereocenters. The fourth-order valence-corrected chi connectivity index (χ4v) is 3.38. The van der Waals surface area contributed by atoms with Crippen LogP contribution in [-0.4, -0.2) is 22.1 Å². The van der Waals surface area contributed by atoms with Crippen molar-refractivity contribution >= 4 is 17.4 Å². The summed E-state index contributed by atoms with van der Waals surface area (Å²) in [5.41, 5.74) is 2.07. The Morgan fingerprint density at radius 3 is 2.38 bits per heavy atom. The number of rotatable bonds is 7. The zero-order valence-corrected chi connectivity index (χ0v) is 16.2. The molecule has 1 aromatic heterocycles. The average molecular weight is 388 g/mol. The number of carbonyl (C=O) groups excluding carboxylic acids is 1. The third-order valence-corrected chi connectivity index (χ3v) is 4.96. The minimum atomic E-state index is -0.289. The number of anilines is 2. The molecule has 1 aliphatic carbocycles. The molecule has 6 heteroatoms. The third-order valence-electron chi connectivity index (χ3n) is 4.96. The van der Waals surface area contributed by atoms with Crippen LogP contribution < -0.4 is 15.4 Å². The Morgan fingerprint density at radius 1 is 0.931 bits per heavy atom. The molecule has 1 saturated carbocycles. The Bertz CT molecular complexity index is 921. The number of benzene rings is 2. The minimum absolute atomic E-state index is 0.284. The van der Waals surface area contributed by atoms with Crippen LogP contribution in [0.1, 0.15) is 41.7 Å². The topological polar surface area (TPSA) is 76.1 Å². The van der Waals surface area contributed by atoms with Crippen molar-refractivity contribution in [1.82, 2.24) is 10.2 Å². The number of ether oxygens (including phenoxy) is 1. The van der Waals surface area contributed by atoms with Gasteiger partial charge in [0, 0.05) is 11.7 Å². The molecule has 1 fully saturated rings. The van der Waals surface area contributed by atoms with Crippen molar-refractivity contribution in [3.8, 4) is 5.75 Å². The van der Waals surface area contributed by atoms with Crippen molar-refractivity contribution in [2.75, 3.05) is 10.6 Å². The first-order valence-electron chi connectivity index (χ1n) is 9.95. The van der Waals surface area contributed by atoms with Crippen LogP contribution in [0.4, 0.5) is 11.5 Å². The van der Waals surface area contributed by atoms with Gasteiger partial charge in [0.25, 0.3) is 5.91 Å². The van der Waals surface area contributed by atoms with Crippen LogP contribution in [0.5, 0.6) is 5.75 Å². The maximum Gasteiger partial charge on any atom is 0.276 e. The van der Waals surface area contributed by atoms with Crippen LogP contribution in [0.15, 0.2) is 66.7 Å². The Kier molecular flexibility index (Phi) is 6.00. The lowest BCUT2D eigenvalue weighted by molar-refractivity contribution is 0.102. The van der Waals surface area contributed by atoms with E-state index in [1.165, 1.54) is 12.8 Å². The van der Waals surface area contributed by atoms with Gasteiger partial charge in [0.15, 0.2) is 5.69 Å². The molecule has 6 nitrogen and oxygen atoms in total. The summed E-state index contributed by atoms with van der Waals surface area (Å²) in [6.45, 7) is 0.503. The normalized spacial score (nSPS) is 13.8. The smallest absolute Gasteiger partial charge is 0.276 e. The van der Waals surface area contributed by atoms with Gasteiger partial charge in [-0.25, -0.2) is 0 Å². The second-order valence-electron chi connectivity index (χ2n) is 7.18. The van der Waals surface area contributed by atoms with E-state index in [4.69, 9.17) is 4.74 Å². The zero-order valence-electron chi connectivity index (χ0n) is 16.2. The van der Waals surface area contributed by atoms with Crippen LogP contribution in [0.3, 0.4) is 0 Å². The van der Waals surface area contributed by atoms with E-state index in [-0.39, 0.29) is 11.6 Å². The summed E-state index contributed by atoms with van der Waals surface area (Å²) in [6, 6.07) is 21.2. The number of nitrogens with zero attached hydrogens (tertiary/aromatic N) is 2. The first kappa shape index (κ1) is 18.9. The third kappa shape index (κ3) is 5.31. The Labute approximate surface area is 170 Å². The number of carbonyl (C=O) groups is 1. The van der Waals surface area contributed by atoms with E-state index in [0.717, 1.165) is 24.2 Å². The molecular weight excluding hydrogens is 364 g/mol. The fourth-order valence-electron chi connectivity index (χ4n) is 3.38. The molecule has 4 rings (SSSR count). The maximum absolute atomic E-state index is 12.4. The van der Waals surface area contributed by atoms with Gasteiger partial charge < -0.3 is 15.4 Å². The van der Waals surface area contributed by atoms with Gasteiger partial charge in [-0.05, 0) is 54.8 Å². The highest BCUT2D eigenvalue weighted by atomic mass is 16.5. The molecule has 0 aliphatic heterocycles. The Hall–Kier alpha value is -3.41. The lowest BCUT2D eigenvalue weighted by atomic mass is 10.2. The second kappa shape index (κ2) is 9.19. The van der Waals surface area contributed by atoms with Crippen LogP contribution >= 0.6 is 0 Å². The highest BCUT2D eigenvalue weighted by molar-refractivity contribution is 6.02. The molecule has 1 heterocycles. The maximum atomic E-state index is 12.4. The largest absolute Gasteiger partial charge is 0.489 e. The molecule has 1 amide bonds. The van der Waals surface area contributed by atoms with Gasteiger partial charge >= 0.3 is 0 Å². The summed E-state index contributed by atoms with van der Waals surface area (Å²) >= 11 is 0. The van der Waals surface area contributed by atoms with Gasteiger partial charge in [-0.1, -0.05) is 43.2 Å². The molecule has 3 aromatic rings. The molecule has 29 heavy (non-hydrogen) atoms. The molecule has 0 saturated heterocycles. The zero-order chi connectivity index (χ0) is 19.9. The van der Waals surface area contributed by atoms with Gasteiger partial charge in [0.2, 0.25) is 0 Å². The predicted molar refractivity (Wildman–Crippen MR) is 113 cm³/mol. The highest BCUT2D eigenvalue weighted by Gasteiger charge is 2.15. The van der Waals surface area contributed by atoms with Gasteiger partial charge in [-0.3, -0.25) is 4.79 Å². The SMILES string of the molecule is O=C(Nc1ccc(OCc2ccccc2)cc1)c1ccc(NC2CCCC2)nn1. The van der Waals surface area contributed by atoms with Gasteiger partial charge in [-0.15, -0.1) is 10.2 Å². The summed E-state index contributed by atoms with van der Waals surface area (Å²) in [5, 5.41) is 14.4. The highest BCUT2D eigenvalue weighted by Crippen LogP contribution is 2.21. The molecule has 0 spiro atoms. The molecule has 0 bridgehead atoms. The molecule has 0 atom stereocenters. The lowest BCUT2D eigenvalue weighted by Crippen LogP contribution is -2.18. The molecule has 2 aromatic carbocycles. The quantitative estimate of drug-likeness (QED) is 0.615. The Balaban J connectivity index is 1.29. The number of nitrogens with one attached hydrogen (secondary N) is 2. The monoisotopic (exact) mass is 388 g/mol. The van der Waals surface area contributed by atoms with Crippen molar-refractivity contribution < 1.29 is 9.53 Å². The predicted octanol–water partition coefficient (Wildman–Crippen LogP) is 4.66. The summed E-state index contributed by atoms with van der Waals surface area (Å²) < 4.78 is 5.76. The van der Waals surface area contributed by atoms with E-state index in [1.807, 2.05) is 54.6 Å². The molecule has 148 valence electrons. The van der Waals surface area contributed by atoms with Crippen molar-refractivity contribution in [2.24, 2.45) is 0 Å². The Morgan fingerprint density at radius 2 is 1.69 bits per heavy atom. The second-order valence-corrected chi connectivity index (χ2v) is 7.18. The van der Waals surface area contributed by atoms with Gasteiger partial charge in [0.1, 0.15) is 18.2 Å². The van der Waals surface area contributed by atoms with E-state index < -0.39 is 0 Å². The first-order chi connectivity index (χ1) is 14.3. The van der Waals surface area contributed by atoms with Crippen molar-refractivity contribution in [3.05, 3.63) is 78.0 Å². The standard InChI is InChI=1S/C23H24N4O2/c28-23(21-14-15-22(27-26-21)24-18-8-4-5-9-18)25-19-10-12-20(13-11-19)29-16-17-6-2-1-3-7-17/h1-3,6-7,10-15,18H,4-5,8-9,16H2,(H,24,27)(H,25,28). The summed E-state index contributed by atoms with van der Waals surface area (Å²) in [6.07, 6.45) is 4.83. The molecular formula is C23H24N4O2. The lowest BCUT2D eigenvalue weighted by Gasteiger charge is -2.12. The van der Waals surface area contributed by atoms with E-state index in [2.05, 4.69) is 20.8 Å². The van der Waals surface area contributed by atoms with Crippen molar-refractivity contribution in [3.63, 3.8) is 0 Å². The van der Waals surface area contributed by atoms with E-state index >= 15 is 0 Å². The number of amides is 1. The minimum Gasteiger partial charge on any atom is -0.489 e. The molecule has 1 aliphatic rings. The summed E-state index contributed by atoms with van der Waals surface area (Å²) in [5.74, 6) is 1.17. The first-order valence-corrected chi connectivity index (χ1v) is 9.95. The van der Waals surface area contributed by atoms with Crippen LogP contribution in [-0.2, 0) is 6.61 Å². The number of hydrogen-bond donors (Lipinski definition) is 2. The van der Waals surface area contributed by atoms with Gasteiger partial charge in [-0.2, -0.15) is 0 Å². The van der Waals surface area contributed by atoms with E-state index in [9.17, 15) is 4.79 Å². The fraction of sp³-hybridized carbons (Fsp3) is 0.261. The number of aromatic nitrogens is 2.